The number of hydrogen-bond acceptors (Lipinski definition) is 6. The quantitative estimate of drug-likeness (QED) is 0.731. The van der Waals surface area contributed by atoms with Crippen molar-refractivity contribution in [3.8, 4) is 0 Å². The van der Waals surface area contributed by atoms with Crippen LogP contribution in [0.15, 0.2) is 23.5 Å². The lowest BCUT2D eigenvalue weighted by Gasteiger charge is -2.37. The van der Waals surface area contributed by atoms with E-state index in [1.54, 1.807) is 0 Å². The Labute approximate surface area is 155 Å². The number of alkyl halides is 2. The topological polar surface area (TPSA) is 96.0 Å². The van der Waals surface area contributed by atoms with Crippen LogP contribution in [0, 0.1) is 0 Å². The summed E-state index contributed by atoms with van der Waals surface area (Å²) in [5.41, 5.74) is -0.104. The van der Waals surface area contributed by atoms with E-state index < -0.39 is 34.4 Å². The number of rotatable bonds is 4. The fourth-order valence-corrected chi connectivity index (χ4v) is 4.47. The maximum atomic E-state index is 14.7. The van der Waals surface area contributed by atoms with E-state index >= 15 is 0 Å². The highest BCUT2D eigenvalue weighted by atomic mass is 32.2. The second-order valence-electron chi connectivity index (χ2n) is 6.78. The van der Waals surface area contributed by atoms with Crippen LogP contribution in [0.4, 0.5) is 13.6 Å². The molecule has 1 N–H and O–H groups in total. The van der Waals surface area contributed by atoms with Gasteiger partial charge in [0.25, 0.3) is 5.92 Å². The first-order chi connectivity index (χ1) is 12.6. The molecule has 0 unspecified atom stereocenters. The molecule has 3 rings (SSSR count). The Kier molecular flexibility index (Phi) is 5.15. The van der Waals surface area contributed by atoms with Crippen molar-refractivity contribution < 1.29 is 31.5 Å². The zero-order valence-corrected chi connectivity index (χ0v) is 15.6. The summed E-state index contributed by atoms with van der Waals surface area (Å²) in [5.74, 6) is -3.80. The third-order valence-corrected chi connectivity index (χ3v) is 6.31. The number of sulfone groups is 1. The Bertz CT molecular complexity index is 795. The molecule has 2 fully saturated rings. The number of carbonyl (C=O) groups is 2. The second kappa shape index (κ2) is 7.10. The van der Waals surface area contributed by atoms with E-state index in [0.29, 0.717) is 0 Å². The molecule has 2 heterocycles. The molecule has 1 aliphatic carbocycles. The molecular weight excluding hydrogens is 384 g/mol. The predicted molar refractivity (Wildman–Crippen MR) is 91.6 cm³/mol. The molecule has 1 atom stereocenters. The molecule has 0 aromatic heterocycles. The molecule has 2 saturated heterocycles. The zero-order chi connectivity index (χ0) is 19.8. The fraction of sp³-hybridized carbons (Fsp3) is 0.625. The van der Waals surface area contributed by atoms with Gasteiger partial charge in [0.2, 0.25) is 5.91 Å². The van der Waals surface area contributed by atoms with E-state index in [-0.39, 0.29) is 55.0 Å². The van der Waals surface area contributed by atoms with E-state index in [2.05, 4.69) is 5.32 Å². The maximum absolute atomic E-state index is 14.7. The predicted octanol–water partition coefficient (Wildman–Crippen LogP) is 0.480. The Balaban J connectivity index is 1.71. The van der Waals surface area contributed by atoms with Crippen molar-refractivity contribution >= 4 is 21.8 Å². The van der Waals surface area contributed by atoms with Crippen molar-refractivity contribution in [1.82, 2.24) is 15.1 Å². The molecule has 0 spiro atoms. The first kappa shape index (κ1) is 19.6. The van der Waals surface area contributed by atoms with Gasteiger partial charge >= 0.3 is 6.09 Å². The fourth-order valence-electron chi connectivity index (χ4n) is 3.27. The minimum Gasteiger partial charge on any atom is -0.442 e. The van der Waals surface area contributed by atoms with Gasteiger partial charge in [-0.15, -0.1) is 0 Å². The van der Waals surface area contributed by atoms with Crippen LogP contribution < -0.4 is 5.32 Å². The molecule has 3 aliphatic rings. The lowest BCUT2D eigenvalue weighted by atomic mass is 10.0. The Morgan fingerprint density at radius 3 is 2.59 bits per heavy atom. The Morgan fingerprint density at radius 2 is 2.00 bits per heavy atom. The summed E-state index contributed by atoms with van der Waals surface area (Å²) in [6, 6.07) is 0. The van der Waals surface area contributed by atoms with Crippen LogP contribution in [-0.2, 0) is 19.4 Å². The van der Waals surface area contributed by atoms with Crippen LogP contribution in [0.1, 0.15) is 13.3 Å². The van der Waals surface area contributed by atoms with Crippen LogP contribution >= 0.6 is 0 Å². The van der Waals surface area contributed by atoms with Crippen molar-refractivity contribution in [3.63, 3.8) is 0 Å². The summed E-state index contributed by atoms with van der Waals surface area (Å²) in [7, 11) is -3.17. The molecule has 8 nitrogen and oxygen atoms in total. The van der Waals surface area contributed by atoms with Crippen LogP contribution in [0.5, 0.6) is 0 Å². The van der Waals surface area contributed by atoms with E-state index in [4.69, 9.17) is 4.74 Å². The van der Waals surface area contributed by atoms with Crippen molar-refractivity contribution in [1.29, 1.82) is 0 Å². The van der Waals surface area contributed by atoms with Crippen molar-refractivity contribution in [2.45, 2.75) is 25.4 Å². The lowest BCUT2D eigenvalue weighted by Crippen LogP contribution is -2.45. The SMILES string of the molecule is CC(=O)NC[C@H]1CN(C2=CC=C(N3CCS(=O)(=O)CC3)C(F)(F)C2)C(=O)O1. The number of ether oxygens (including phenoxy) is 1. The van der Waals surface area contributed by atoms with Gasteiger partial charge in [-0.1, -0.05) is 0 Å². The summed E-state index contributed by atoms with van der Waals surface area (Å²) in [6.45, 7) is 1.57. The van der Waals surface area contributed by atoms with Crippen LogP contribution in [0.2, 0.25) is 0 Å². The Hall–Kier alpha value is -2.17. The van der Waals surface area contributed by atoms with Gasteiger partial charge in [-0.3, -0.25) is 9.69 Å². The lowest BCUT2D eigenvalue weighted by molar-refractivity contribution is -0.119. The molecular formula is C16H21F2N3O5S. The number of hydrogen-bond donors (Lipinski definition) is 1. The highest BCUT2D eigenvalue weighted by molar-refractivity contribution is 7.91. The summed E-state index contributed by atoms with van der Waals surface area (Å²) >= 11 is 0. The van der Waals surface area contributed by atoms with E-state index in [9.17, 15) is 26.8 Å². The largest absolute Gasteiger partial charge is 0.442 e. The maximum Gasteiger partial charge on any atom is 0.414 e. The average Bonchev–Trinajstić information content (AvgIpc) is 2.94. The van der Waals surface area contributed by atoms with Crippen LogP contribution in [0.3, 0.4) is 0 Å². The van der Waals surface area contributed by atoms with Gasteiger partial charge in [0, 0.05) is 25.7 Å². The van der Waals surface area contributed by atoms with Gasteiger partial charge in [0.05, 0.1) is 36.7 Å². The normalized spacial score (nSPS) is 26.9. The molecule has 27 heavy (non-hydrogen) atoms. The van der Waals surface area contributed by atoms with Gasteiger partial charge in [-0.25, -0.2) is 13.2 Å². The first-order valence-corrected chi connectivity index (χ1v) is 10.4. The van der Waals surface area contributed by atoms with Crippen molar-refractivity contribution in [2.24, 2.45) is 0 Å². The summed E-state index contributed by atoms with van der Waals surface area (Å²) in [4.78, 5) is 25.5. The number of carbonyl (C=O) groups excluding carboxylic acids is 2. The summed E-state index contributed by atoms with van der Waals surface area (Å²) < 4.78 is 57.5. The van der Waals surface area contributed by atoms with Crippen molar-refractivity contribution in [3.05, 3.63) is 23.5 Å². The molecule has 150 valence electrons. The number of cyclic esters (lactones) is 1. The van der Waals surface area contributed by atoms with Crippen molar-refractivity contribution in [2.75, 3.05) is 37.7 Å². The zero-order valence-electron chi connectivity index (χ0n) is 14.8. The van der Waals surface area contributed by atoms with E-state index in [1.807, 2.05) is 0 Å². The number of nitrogens with zero attached hydrogens (tertiary/aromatic N) is 2. The van der Waals surface area contributed by atoms with Crippen LogP contribution in [-0.4, -0.2) is 79.9 Å². The summed E-state index contributed by atoms with van der Waals surface area (Å²) in [6.07, 6.45) is 0.676. The minimum atomic E-state index is -3.22. The number of halogens is 2. The number of allylic oxidation sites excluding steroid dienone is 4. The molecule has 0 saturated carbocycles. The minimum absolute atomic E-state index is 0.0253. The molecule has 2 amide bonds. The third-order valence-electron chi connectivity index (χ3n) is 4.70. The number of nitrogens with one attached hydrogen (secondary N) is 1. The highest BCUT2D eigenvalue weighted by Gasteiger charge is 2.45. The Morgan fingerprint density at radius 1 is 1.33 bits per heavy atom. The molecule has 2 aliphatic heterocycles. The van der Waals surface area contributed by atoms with Gasteiger partial charge in [-0.05, 0) is 12.2 Å². The first-order valence-electron chi connectivity index (χ1n) is 8.54. The monoisotopic (exact) mass is 405 g/mol. The summed E-state index contributed by atoms with van der Waals surface area (Å²) in [5, 5.41) is 2.53. The second-order valence-corrected chi connectivity index (χ2v) is 9.09. The van der Waals surface area contributed by atoms with Gasteiger partial charge in [-0.2, -0.15) is 8.78 Å². The number of amides is 2. The van der Waals surface area contributed by atoms with Crippen LogP contribution in [0.25, 0.3) is 0 Å². The van der Waals surface area contributed by atoms with Gasteiger partial charge in [0.15, 0.2) is 9.84 Å². The van der Waals surface area contributed by atoms with Gasteiger partial charge < -0.3 is 15.0 Å². The third kappa shape index (κ3) is 4.40. The van der Waals surface area contributed by atoms with Gasteiger partial charge in [0.1, 0.15) is 6.10 Å². The highest BCUT2D eigenvalue weighted by Crippen LogP contribution is 2.39. The standard InChI is InChI=1S/C16H21F2N3O5S/c1-11(22)19-9-13-10-21(15(23)26-13)12-2-3-14(16(17,18)8-12)20-4-6-27(24,25)7-5-20/h2-3,13H,4-10H2,1H3,(H,19,22)/t13-/m0/s1. The molecule has 0 aromatic carbocycles. The molecule has 0 radical (unpaired) electrons. The molecule has 11 heteroatoms. The molecule has 0 bridgehead atoms. The average molecular weight is 405 g/mol. The molecule has 0 aromatic rings. The van der Waals surface area contributed by atoms with E-state index in [0.717, 1.165) is 4.90 Å². The van der Waals surface area contributed by atoms with E-state index in [1.165, 1.54) is 24.0 Å². The smallest absolute Gasteiger partial charge is 0.414 e.